The molecule has 2 aromatic rings. The zero-order valence-electron chi connectivity index (χ0n) is 11.6. The first kappa shape index (κ1) is 15.8. The van der Waals surface area contributed by atoms with E-state index in [1.54, 1.807) is 18.2 Å². The molecule has 0 amide bonds. The first-order chi connectivity index (χ1) is 10.1. The highest BCUT2D eigenvalue weighted by atomic mass is 32.2. The van der Waals surface area contributed by atoms with Crippen molar-refractivity contribution in [3.05, 3.63) is 59.7 Å². The van der Waals surface area contributed by atoms with E-state index in [-0.39, 0.29) is 12.6 Å². The molecule has 0 heterocycles. The first-order valence-electron chi connectivity index (χ1n) is 6.59. The zero-order chi connectivity index (χ0) is 15.2. The Kier molecular flexibility index (Phi) is 5.59. The quantitative estimate of drug-likeness (QED) is 0.761. The van der Waals surface area contributed by atoms with Crippen LogP contribution in [0.5, 0.6) is 0 Å². The fourth-order valence-corrected chi connectivity index (χ4v) is 2.61. The molecule has 2 nitrogen and oxygen atoms in total. The van der Waals surface area contributed by atoms with Crippen molar-refractivity contribution in [3.8, 4) is 0 Å². The summed E-state index contributed by atoms with van der Waals surface area (Å²) in [6.07, 6.45) is 0. The minimum Gasteiger partial charge on any atom is -0.392 e. The largest absolute Gasteiger partial charge is 0.392 e. The minimum atomic E-state index is -2.42. The van der Waals surface area contributed by atoms with Crippen LogP contribution >= 0.6 is 11.8 Å². The Morgan fingerprint density at radius 2 is 1.90 bits per heavy atom. The summed E-state index contributed by atoms with van der Waals surface area (Å²) in [4.78, 5) is 0.534. The van der Waals surface area contributed by atoms with E-state index in [2.05, 4.69) is 5.32 Å². The van der Waals surface area contributed by atoms with E-state index in [0.29, 0.717) is 16.7 Å². The monoisotopic (exact) mass is 309 g/mol. The number of nitrogens with one attached hydrogen (secondary N) is 1. The molecule has 0 aliphatic rings. The molecule has 2 N–H and O–H groups in total. The van der Waals surface area contributed by atoms with Crippen molar-refractivity contribution in [2.24, 2.45) is 0 Å². The van der Waals surface area contributed by atoms with Crippen LogP contribution in [-0.2, 0) is 6.61 Å². The highest BCUT2D eigenvalue weighted by Gasteiger charge is 2.08. The lowest BCUT2D eigenvalue weighted by atomic mass is 10.1. The van der Waals surface area contributed by atoms with E-state index in [9.17, 15) is 8.78 Å². The predicted molar refractivity (Wildman–Crippen MR) is 82.7 cm³/mol. The van der Waals surface area contributed by atoms with E-state index in [0.717, 1.165) is 16.8 Å². The number of aliphatic hydroxyl groups is 1. The van der Waals surface area contributed by atoms with Gasteiger partial charge < -0.3 is 10.4 Å². The fraction of sp³-hybridized carbons (Fsp3) is 0.250. The maximum absolute atomic E-state index is 12.4. The molecule has 0 fully saturated rings. The van der Waals surface area contributed by atoms with Gasteiger partial charge in [0.05, 0.1) is 6.61 Å². The molecule has 5 heteroatoms. The third-order valence-corrected chi connectivity index (χ3v) is 3.78. The van der Waals surface area contributed by atoms with Crippen LogP contribution in [0.1, 0.15) is 24.1 Å². The highest BCUT2D eigenvalue weighted by molar-refractivity contribution is 7.99. The van der Waals surface area contributed by atoms with Gasteiger partial charge in [0.1, 0.15) is 0 Å². The molecule has 1 unspecified atom stereocenters. The molecule has 0 spiro atoms. The van der Waals surface area contributed by atoms with E-state index >= 15 is 0 Å². The third kappa shape index (κ3) is 4.72. The van der Waals surface area contributed by atoms with Gasteiger partial charge in [0.25, 0.3) is 5.76 Å². The lowest BCUT2D eigenvalue weighted by Gasteiger charge is -2.17. The smallest absolute Gasteiger partial charge is 0.288 e. The number of hydrogen-bond acceptors (Lipinski definition) is 3. The van der Waals surface area contributed by atoms with E-state index < -0.39 is 5.76 Å². The first-order valence-corrected chi connectivity index (χ1v) is 7.47. The maximum Gasteiger partial charge on any atom is 0.288 e. The van der Waals surface area contributed by atoms with Crippen molar-refractivity contribution >= 4 is 17.4 Å². The van der Waals surface area contributed by atoms with E-state index in [1.165, 1.54) is 0 Å². The van der Waals surface area contributed by atoms with Crippen LogP contribution in [0.2, 0.25) is 0 Å². The third-order valence-electron chi connectivity index (χ3n) is 3.08. The van der Waals surface area contributed by atoms with Crippen molar-refractivity contribution in [1.82, 2.24) is 0 Å². The number of aliphatic hydroxyl groups excluding tert-OH is 1. The average molecular weight is 309 g/mol. The van der Waals surface area contributed by atoms with Gasteiger partial charge in [-0.05, 0) is 36.2 Å². The number of halogens is 2. The van der Waals surface area contributed by atoms with Crippen LogP contribution < -0.4 is 5.32 Å². The second-order valence-corrected chi connectivity index (χ2v) is 5.74. The zero-order valence-corrected chi connectivity index (χ0v) is 12.4. The molecule has 21 heavy (non-hydrogen) atoms. The van der Waals surface area contributed by atoms with Crippen LogP contribution in [0.3, 0.4) is 0 Å². The van der Waals surface area contributed by atoms with Crippen molar-refractivity contribution in [3.63, 3.8) is 0 Å². The molecular formula is C16H17F2NOS. The predicted octanol–water partition coefficient (Wildman–Crippen LogP) is 4.67. The number of benzene rings is 2. The molecule has 2 rings (SSSR count). The molecular weight excluding hydrogens is 292 g/mol. The van der Waals surface area contributed by atoms with Crippen molar-refractivity contribution in [2.75, 3.05) is 5.32 Å². The van der Waals surface area contributed by atoms with Gasteiger partial charge in [-0.2, -0.15) is 8.78 Å². The molecule has 1 atom stereocenters. The molecule has 2 aromatic carbocycles. The second kappa shape index (κ2) is 7.43. The van der Waals surface area contributed by atoms with Crippen molar-refractivity contribution in [2.45, 2.75) is 30.2 Å². The molecule has 112 valence electrons. The van der Waals surface area contributed by atoms with Crippen LogP contribution in [-0.4, -0.2) is 10.9 Å². The van der Waals surface area contributed by atoms with Crippen LogP contribution in [0.4, 0.5) is 14.5 Å². The van der Waals surface area contributed by atoms with Crippen LogP contribution in [0.25, 0.3) is 0 Å². The lowest BCUT2D eigenvalue weighted by Crippen LogP contribution is -2.07. The lowest BCUT2D eigenvalue weighted by molar-refractivity contribution is 0.252. The van der Waals surface area contributed by atoms with Gasteiger partial charge in [0, 0.05) is 16.6 Å². The minimum absolute atomic E-state index is 0.00107. The highest BCUT2D eigenvalue weighted by Crippen LogP contribution is 2.28. The van der Waals surface area contributed by atoms with Gasteiger partial charge in [-0.25, -0.2) is 0 Å². The van der Waals surface area contributed by atoms with Gasteiger partial charge in [0.15, 0.2) is 0 Å². The van der Waals surface area contributed by atoms with Gasteiger partial charge in [-0.3, -0.25) is 0 Å². The summed E-state index contributed by atoms with van der Waals surface area (Å²) in [5, 5.41) is 12.4. The molecule has 0 saturated heterocycles. The number of thioether (sulfide) groups is 1. The molecule has 0 bridgehead atoms. The Labute approximate surface area is 127 Å². The molecule has 0 radical (unpaired) electrons. The summed E-state index contributed by atoms with van der Waals surface area (Å²) in [6, 6.07) is 14.6. The Balaban J connectivity index is 2.09. The van der Waals surface area contributed by atoms with Gasteiger partial charge in [-0.15, -0.1) is 0 Å². The SMILES string of the molecule is CC(Nc1cccc(SC(F)F)c1)c1cccc(CO)c1. The molecule has 0 aliphatic heterocycles. The number of alkyl halides is 2. The summed E-state index contributed by atoms with van der Waals surface area (Å²) >= 11 is 0.535. The Hall–Kier alpha value is -1.59. The summed E-state index contributed by atoms with van der Waals surface area (Å²) < 4.78 is 24.8. The van der Waals surface area contributed by atoms with Crippen LogP contribution in [0, 0.1) is 0 Å². The van der Waals surface area contributed by atoms with E-state index in [4.69, 9.17) is 5.11 Å². The molecule has 0 aliphatic carbocycles. The Bertz CT molecular complexity index is 592. The van der Waals surface area contributed by atoms with Gasteiger partial charge >= 0.3 is 0 Å². The Morgan fingerprint density at radius 1 is 1.14 bits per heavy atom. The number of rotatable bonds is 6. The summed E-state index contributed by atoms with van der Waals surface area (Å²) in [5.41, 5.74) is 2.68. The maximum atomic E-state index is 12.4. The van der Waals surface area contributed by atoms with Crippen LogP contribution in [0.15, 0.2) is 53.4 Å². The summed E-state index contributed by atoms with van der Waals surface area (Å²) in [5.74, 6) is -2.42. The fourth-order valence-electron chi connectivity index (χ4n) is 2.06. The second-order valence-electron chi connectivity index (χ2n) is 4.68. The topological polar surface area (TPSA) is 32.3 Å². The average Bonchev–Trinajstić information content (AvgIpc) is 2.47. The summed E-state index contributed by atoms with van der Waals surface area (Å²) in [7, 11) is 0. The Morgan fingerprint density at radius 3 is 2.62 bits per heavy atom. The van der Waals surface area contributed by atoms with Gasteiger partial charge in [0.2, 0.25) is 0 Å². The summed E-state index contributed by atoms with van der Waals surface area (Å²) in [6.45, 7) is 1.99. The standard InChI is InChI=1S/C16H17F2NOS/c1-11(13-5-2-4-12(8-13)10-20)19-14-6-3-7-15(9-14)21-16(17)18/h2-9,11,16,19-20H,10H2,1H3. The number of hydrogen-bond donors (Lipinski definition) is 2. The normalized spacial score (nSPS) is 12.4. The number of anilines is 1. The van der Waals surface area contributed by atoms with E-state index in [1.807, 2.05) is 37.3 Å². The van der Waals surface area contributed by atoms with Gasteiger partial charge in [-0.1, -0.05) is 42.1 Å². The van der Waals surface area contributed by atoms with Crippen molar-refractivity contribution in [1.29, 1.82) is 0 Å². The molecule has 0 saturated carbocycles. The van der Waals surface area contributed by atoms with Crippen molar-refractivity contribution < 1.29 is 13.9 Å². The molecule has 0 aromatic heterocycles.